The number of hydrogen-bond acceptors (Lipinski definition) is 3. The number of halogens is 4. The first kappa shape index (κ1) is 19.6. The van der Waals surface area contributed by atoms with Gasteiger partial charge in [-0.2, -0.15) is 13.2 Å². The van der Waals surface area contributed by atoms with Crippen LogP contribution >= 0.6 is 0 Å². The molecule has 0 aliphatic heterocycles. The molecule has 1 heterocycles. The molecule has 0 spiro atoms. The highest BCUT2D eigenvalue weighted by Gasteiger charge is 2.31. The van der Waals surface area contributed by atoms with Gasteiger partial charge in [-0.25, -0.2) is 4.39 Å². The fourth-order valence-electron chi connectivity index (χ4n) is 2.38. The Hall–Kier alpha value is -2.77. The number of nitrogens with zero attached hydrogens (tertiary/aromatic N) is 1. The van der Waals surface area contributed by atoms with Crippen LogP contribution in [-0.2, 0) is 17.4 Å². The summed E-state index contributed by atoms with van der Waals surface area (Å²) in [5.74, 6) is -1.59. The van der Waals surface area contributed by atoms with Crippen molar-refractivity contribution in [1.82, 2.24) is 10.3 Å². The van der Waals surface area contributed by atoms with Gasteiger partial charge in [-0.1, -0.05) is 0 Å². The lowest BCUT2D eigenvalue weighted by molar-refractivity contribution is -0.137. The highest BCUT2D eigenvalue weighted by molar-refractivity contribution is 5.94. The molecule has 8 heteroatoms. The Kier molecular flexibility index (Phi) is 5.74. The summed E-state index contributed by atoms with van der Waals surface area (Å²) in [4.78, 5) is 27.4. The quantitative estimate of drug-likeness (QED) is 0.816. The van der Waals surface area contributed by atoms with E-state index in [1.165, 1.54) is 32.2 Å². The molecule has 2 rings (SSSR count). The Morgan fingerprint density at radius 1 is 1.19 bits per heavy atom. The van der Waals surface area contributed by atoms with Gasteiger partial charge in [0.05, 0.1) is 11.6 Å². The summed E-state index contributed by atoms with van der Waals surface area (Å²) in [5, 5.41) is 2.45. The molecule has 0 saturated heterocycles. The van der Waals surface area contributed by atoms with Crippen molar-refractivity contribution in [1.29, 1.82) is 0 Å². The van der Waals surface area contributed by atoms with Crippen LogP contribution < -0.4 is 5.32 Å². The lowest BCUT2D eigenvalue weighted by Crippen LogP contribution is -2.27. The maximum absolute atomic E-state index is 13.9. The molecular formula is C18H16F4N2O2. The molecule has 0 saturated carbocycles. The van der Waals surface area contributed by atoms with Crippen LogP contribution in [0.4, 0.5) is 17.6 Å². The first-order valence-electron chi connectivity index (χ1n) is 7.70. The van der Waals surface area contributed by atoms with Crippen LogP contribution in [-0.4, -0.2) is 16.7 Å². The number of pyridine rings is 1. The molecule has 0 aliphatic rings. The third-order valence-electron chi connectivity index (χ3n) is 3.65. The zero-order valence-electron chi connectivity index (χ0n) is 14.0. The van der Waals surface area contributed by atoms with Crippen molar-refractivity contribution in [3.63, 3.8) is 0 Å². The van der Waals surface area contributed by atoms with E-state index < -0.39 is 29.5 Å². The standard InChI is InChI=1S/C18H16F4N2O2/c1-10(25)7-14-8-12(5-6-23-14)17(26)24-11(2)15-9-13(18(20,21)22)3-4-16(15)19/h3-6,8-9,11H,7H2,1-2H3,(H,24,26). The molecule has 1 amide bonds. The molecule has 0 bridgehead atoms. The van der Waals surface area contributed by atoms with Gasteiger partial charge in [-0.15, -0.1) is 0 Å². The van der Waals surface area contributed by atoms with Crippen molar-refractivity contribution in [2.45, 2.75) is 32.5 Å². The largest absolute Gasteiger partial charge is 0.416 e. The molecule has 4 nitrogen and oxygen atoms in total. The zero-order valence-corrected chi connectivity index (χ0v) is 14.0. The lowest BCUT2D eigenvalue weighted by Gasteiger charge is -2.17. The fourth-order valence-corrected chi connectivity index (χ4v) is 2.38. The summed E-state index contributed by atoms with van der Waals surface area (Å²) in [5.41, 5.74) is -0.701. The smallest absolute Gasteiger partial charge is 0.345 e. The minimum atomic E-state index is -4.61. The summed E-state index contributed by atoms with van der Waals surface area (Å²) in [6, 6.07) is 3.85. The molecule has 0 aliphatic carbocycles. The minimum absolute atomic E-state index is 0.0545. The van der Waals surface area contributed by atoms with Gasteiger partial charge in [0.25, 0.3) is 5.91 Å². The van der Waals surface area contributed by atoms with Crippen LogP contribution in [0.15, 0.2) is 36.5 Å². The maximum Gasteiger partial charge on any atom is 0.416 e. The number of hydrogen-bond donors (Lipinski definition) is 1. The van der Waals surface area contributed by atoms with Crippen LogP contribution in [0.5, 0.6) is 0 Å². The van der Waals surface area contributed by atoms with Crippen LogP contribution in [0.2, 0.25) is 0 Å². The molecule has 1 unspecified atom stereocenters. The van der Waals surface area contributed by atoms with Crippen molar-refractivity contribution >= 4 is 11.7 Å². The van der Waals surface area contributed by atoms with E-state index in [9.17, 15) is 27.2 Å². The Morgan fingerprint density at radius 3 is 2.50 bits per heavy atom. The third kappa shape index (κ3) is 4.87. The van der Waals surface area contributed by atoms with E-state index in [0.717, 1.165) is 6.07 Å². The summed E-state index contributed by atoms with van der Waals surface area (Å²) < 4.78 is 52.3. The molecule has 1 atom stereocenters. The second-order valence-corrected chi connectivity index (χ2v) is 5.84. The van der Waals surface area contributed by atoms with Gasteiger partial charge < -0.3 is 5.32 Å². The van der Waals surface area contributed by atoms with Crippen molar-refractivity contribution in [3.8, 4) is 0 Å². The van der Waals surface area contributed by atoms with E-state index in [1.54, 1.807) is 0 Å². The molecule has 2 aromatic rings. The summed E-state index contributed by atoms with van der Waals surface area (Å²) in [6.07, 6.45) is -3.21. The van der Waals surface area contributed by atoms with E-state index in [0.29, 0.717) is 17.8 Å². The SMILES string of the molecule is CC(=O)Cc1cc(C(=O)NC(C)c2cc(C(F)(F)F)ccc2F)ccn1. The first-order valence-corrected chi connectivity index (χ1v) is 7.70. The molecule has 26 heavy (non-hydrogen) atoms. The Morgan fingerprint density at radius 2 is 1.88 bits per heavy atom. The fraction of sp³-hybridized carbons (Fsp3) is 0.278. The van der Waals surface area contributed by atoms with Gasteiger partial charge >= 0.3 is 6.18 Å². The molecular weight excluding hydrogens is 352 g/mol. The molecule has 1 N–H and O–H groups in total. The number of benzene rings is 1. The molecule has 1 aromatic carbocycles. The topological polar surface area (TPSA) is 59.1 Å². The van der Waals surface area contributed by atoms with Crippen molar-refractivity contribution in [2.24, 2.45) is 0 Å². The number of aromatic nitrogens is 1. The van der Waals surface area contributed by atoms with Gasteiger partial charge in [0.2, 0.25) is 0 Å². The Balaban J connectivity index is 2.21. The second kappa shape index (κ2) is 7.63. The summed E-state index contributed by atoms with van der Waals surface area (Å²) >= 11 is 0. The minimum Gasteiger partial charge on any atom is -0.345 e. The molecule has 1 aromatic heterocycles. The first-order chi connectivity index (χ1) is 12.1. The van der Waals surface area contributed by atoms with Crippen molar-refractivity contribution < 1.29 is 27.2 Å². The van der Waals surface area contributed by atoms with Crippen LogP contribution in [0.1, 0.15) is 47.1 Å². The molecule has 138 valence electrons. The number of Topliss-reactive ketones (excluding diaryl/α,β-unsaturated/α-hetero) is 1. The predicted molar refractivity (Wildman–Crippen MR) is 85.9 cm³/mol. The Labute approximate surface area is 147 Å². The van der Waals surface area contributed by atoms with Gasteiger partial charge in [0, 0.05) is 29.4 Å². The highest BCUT2D eigenvalue weighted by Crippen LogP contribution is 2.31. The lowest BCUT2D eigenvalue weighted by atomic mass is 10.0. The van der Waals surface area contributed by atoms with Crippen molar-refractivity contribution in [3.05, 3.63) is 64.7 Å². The van der Waals surface area contributed by atoms with E-state index in [-0.39, 0.29) is 23.3 Å². The van der Waals surface area contributed by atoms with Crippen LogP contribution in [0, 0.1) is 5.82 Å². The number of nitrogens with one attached hydrogen (secondary N) is 1. The average Bonchev–Trinajstić information content (AvgIpc) is 2.53. The normalized spacial score (nSPS) is 12.5. The number of rotatable bonds is 5. The Bertz CT molecular complexity index is 834. The van der Waals surface area contributed by atoms with Gasteiger partial charge in [-0.3, -0.25) is 14.6 Å². The maximum atomic E-state index is 13.9. The average molecular weight is 368 g/mol. The predicted octanol–water partition coefficient (Wildman–Crippen LogP) is 3.86. The van der Waals surface area contributed by atoms with Crippen LogP contribution in [0.25, 0.3) is 0 Å². The highest BCUT2D eigenvalue weighted by atomic mass is 19.4. The number of carbonyl (C=O) groups excluding carboxylic acids is 2. The summed E-state index contributed by atoms with van der Waals surface area (Å²) in [7, 11) is 0. The van der Waals surface area contributed by atoms with E-state index in [2.05, 4.69) is 10.3 Å². The number of alkyl halides is 3. The summed E-state index contributed by atoms with van der Waals surface area (Å²) in [6.45, 7) is 2.76. The van der Waals surface area contributed by atoms with Crippen LogP contribution in [0.3, 0.4) is 0 Å². The molecule has 0 radical (unpaired) electrons. The number of amides is 1. The van der Waals surface area contributed by atoms with E-state index >= 15 is 0 Å². The van der Waals surface area contributed by atoms with Gasteiger partial charge in [-0.05, 0) is 44.2 Å². The second-order valence-electron chi connectivity index (χ2n) is 5.84. The number of ketones is 1. The number of carbonyl (C=O) groups is 2. The van der Waals surface area contributed by atoms with E-state index in [4.69, 9.17) is 0 Å². The third-order valence-corrected chi connectivity index (χ3v) is 3.65. The van der Waals surface area contributed by atoms with Gasteiger partial charge in [0.15, 0.2) is 0 Å². The monoisotopic (exact) mass is 368 g/mol. The zero-order chi connectivity index (χ0) is 19.5. The van der Waals surface area contributed by atoms with Gasteiger partial charge in [0.1, 0.15) is 11.6 Å². The molecule has 0 fully saturated rings. The van der Waals surface area contributed by atoms with E-state index in [1.807, 2.05) is 0 Å². The van der Waals surface area contributed by atoms with Crippen molar-refractivity contribution in [2.75, 3.05) is 0 Å².